The lowest BCUT2D eigenvalue weighted by molar-refractivity contribution is -0.126. The van der Waals surface area contributed by atoms with E-state index in [-0.39, 0.29) is 5.41 Å². The predicted molar refractivity (Wildman–Crippen MR) is 76.8 cm³/mol. The highest BCUT2D eigenvalue weighted by molar-refractivity contribution is 5.83. The molecular formula is C15H30N2O. The highest BCUT2D eigenvalue weighted by Gasteiger charge is 2.24. The summed E-state index contributed by atoms with van der Waals surface area (Å²) >= 11 is 0. The van der Waals surface area contributed by atoms with Crippen LogP contribution in [0.25, 0.3) is 0 Å². The summed E-state index contributed by atoms with van der Waals surface area (Å²) in [7, 11) is 0. The van der Waals surface area contributed by atoms with E-state index in [0.29, 0.717) is 18.2 Å². The Bertz CT molecular complexity index is 262. The van der Waals surface area contributed by atoms with E-state index < -0.39 is 0 Å². The summed E-state index contributed by atoms with van der Waals surface area (Å²) in [5, 5.41) is 0. The van der Waals surface area contributed by atoms with Crippen LogP contribution in [-0.2, 0) is 4.79 Å². The fraction of sp³-hybridized carbons (Fsp3) is 0.933. The number of carbonyl (C=O) groups is 1. The van der Waals surface area contributed by atoms with Crippen LogP contribution in [0.3, 0.4) is 0 Å². The quantitative estimate of drug-likeness (QED) is 0.753. The summed E-state index contributed by atoms with van der Waals surface area (Å²) in [6, 6.07) is 0.698. The molecule has 0 N–H and O–H groups in total. The van der Waals surface area contributed by atoms with Crippen LogP contribution >= 0.6 is 0 Å². The van der Waals surface area contributed by atoms with Crippen LogP contribution in [0, 0.1) is 5.41 Å². The van der Waals surface area contributed by atoms with Crippen molar-refractivity contribution >= 4 is 5.78 Å². The molecule has 106 valence electrons. The first-order valence-corrected chi connectivity index (χ1v) is 7.34. The van der Waals surface area contributed by atoms with Gasteiger partial charge in [0.15, 0.2) is 0 Å². The average molecular weight is 254 g/mol. The van der Waals surface area contributed by atoms with Crippen molar-refractivity contribution in [2.45, 2.75) is 53.5 Å². The summed E-state index contributed by atoms with van der Waals surface area (Å²) in [4.78, 5) is 16.9. The summed E-state index contributed by atoms with van der Waals surface area (Å²) in [5.74, 6) is 0.381. The van der Waals surface area contributed by atoms with E-state index in [9.17, 15) is 4.79 Å². The van der Waals surface area contributed by atoms with E-state index in [0.717, 1.165) is 32.7 Å². The van der Waals surface area contributed by atoms with Gasteiger partial charge in [0, 0.05) is 50.6 Å². The van der Waals surface area contributed by atoms with E-state index >= 15 is 0 Å². The molecule has 0 aliphatic carbocycles. The molecule has 1 atom stereocenters. The monoisotopic (exact) mass is 254 g/mol. The summed E-state index contributed by atoms with van der Waals surface area (Å²) < 4.78 is 0. The van der Waals surface area contributed by atoms with Gasteiger partial charge in [0.1, 0.15) is 5.78 Å². The lowest BCUT2D eigenvalue weighted by Crippen LogP contribution is -2.49. The molecule has 0 aromatic rings. The number of Topliss-reactive ketones (excluding diaryl/α,β-unsaturated/α-hetero) is 1. The molecule has 0 spiro atoms. The van der Waals surface area contributed by atoms with Crippen LogP contribution < -0.4 is 0 Å². The SMILES string of the molecule is CCC(C)N1CCN(CCC(=O)C(C)(C)C)CC1. The molecule has 1 heterocycles. The normalized spacial score (nSPS) is 20.9. The Hall–Kier alpha value is -0.410. The van der Waals surface area contributed by atoms with Crippen molar-refractivity contribution in [3.63, 3.8) is 0 Å². The van der Waals surface area contributed by atoms with Crippen molar-refractivity contribution in [1.82, 2.24) is 9.80 Å². The Morgan fingerprint density at radius 3 is 2.17 bits per heavy atom. The number of nitrogens with zero attached hydrogens (tertiary/aromatic N) is 2. The zero-order valence-corrected chi connectivity index (χ0v) is 12.8. The van der Waals surface area contributed by atoms with Crippen LogP contribution in [-0.4, -0.2) is 54.3 Å². The van der Waals surface area contributed by atoms with Crippen molar-refractivity contribution in [3.05, 3.63) is 0 Å². The molecule has 0 radical (unpaired) electrons. The fourth-order valence-electron chi connectivity index (χ4n) is 2.32. The zero-order chi connectivity index (χ0) is 13.8. The Morgan fingerprint density at radius 2 is 1.72 bits per heavy atom. The van der Waals surface area contributed by atoms with Crippen molar-refractivity contribution in [2.75, 3.05) is 32.7 Å². The first kappa shape index (κ1) is 15.6. The lowest BCUT2D eigenvalue weighted by Gasteiger charge is -2.38. The van der Waals surface area contributed by atoms with Gasteiger partial charge in [0.25, 0.3) is 0 Å². The van der Waals surface area contributed by atoms with Gasteiger partial charge in [-0.1, -0.05) is 27.7 Å². The van der Waals surface area contributed by atoms with Crippen LogP contribution in [0.4, 0.5) is 0 Å². The van der Waals surface area contributed by atoms with E-state index in [2.05, 4.69) is 23.6 Å². The van der Waals surface area contributed by atoms with Crippen molar-refractivity contribution < 1.29 is 4.79 Å². The molecule has 0 bridgehead atoms. The molecule has 1 aliphatic rings. The number of carbonyl (C=O) groups excluding carboxylic acids is 1. The van der Waals surface area contributed by atoms with Gasteiger partial charge in [0.05, 0.1) is 0 Å². The average Bonchev–Trinajstić information content (AvgIpc) is 2.34. The maximum Gasteiger partial charge on any atom is 0.139 e. The fourth-order valence-corrected chi connectivity index (χ4v) is 2.32. The number of piperazine rings is 1. The highest BCUT2D eigenvalue weighted by atomic mass is 16.1. The molecule has 0 aromatic carbocycles. The Balaban J connectivity index is 2.26. The third-order valence-electron chi connectivity index (χ3n) is 4.11. The molecular weight excluding hydrogens is 224 g/mol. The molecule has 1 saturated heterocycles. The highest BCUT2D eigenvalue weighted by Crippen LogP contribution is 2.17. The van der Waals surface area contributed by atoms with Gasteiger partial charge < -0.3 is 4.90 Å². The zero-order valence-electron chi connectivity index (χ0n) is 12.8. The molecule has 0 saturated carbocycles. The number of ketones is 1. The van der Waals surface area contributed by atoms with E-state index in [1.165, 1.54) is 6.42 Å². The molecule has 0 amide bonds. The van der Waals surface area contributed by atoms with E-state index in [4.69, 9.17) is 0 Å². The maximum absolute atomic E-state index is 11.9. The molecule has 1 aliphatic heterocycles. The second-order valence-corrected chi connectivity index (χ2v) is 6.56. The van der Waals surface area contributed by atoms with Crippen LogP contribution in [0.15, 0.2) is 0 Å². The van der Waals surface area contributed by atoms with Gasteiger partial charge in [-0.25, -0.2) is 0 Å². The number of hydrogen-bond donors (Lipinski definition) is 0. The minimum atomic E-state index is -0.182. The van der Waals surface area contributed by atoms with Gasteiger partial charge in [-0.05, 0) is 13.3 Å². The summed E-state index contributed by atoms with van der Waals surface area (Å²) in [6.45, 7) is 16.0. The van der Waals surface area contributed by atoms with Crippen LogP contribution in [0.2, 0.25) is 0 Å². The summed E-state index contributed by atoms with van der Waals surface area (Å²) in [6.07, 6.45) is 1.93. The number of rotatable bonds is 5. The van der Waals surface area contributed by atoms with Gasteiger partial charge in [-0.15, -0.1) is 0 Å². The van der Waals surface area contributed by atoms with E-state index in [1.807, 2.05) is 20.8 Å². The first-order chi connectivity index (χ1) is 8.34. The Kier molecular flexibility index (Phi) is 5.80. The van der Waals surface area contributed by atoms with Gasteiger partial charge in [0.2, 0.25) is 0 Å². The Morgan fingerprint density at radius 1 is 1.17 bits per heavy atom. The van der Waals surface area contributed by atoms with Gasteiger partial charge in [-0.3, -0.25) is 9.69 Å². The lowest BCUT2D eigenvalue weighted by atomic mass is 9.89. The smallest absolute Gasteiger partial charge is 0.139 e. The molecule has 3 heteroatoms. The molecule has 3 nitrogen and oxygen atoms in total. The molecule has 1 unspecified atom stereocenters. The van der Waals surface area contributed by atoms with E-state index in [1.54, 1.807) is 0 Å². The van der Waals surface area contributed by atoms with Crippen LogP contribution in [0.5, 0.6) is 0 Å². The van der Waals surface area contributed by atoms with Gasteiger partial charge in [-0.2, -0.15) is 0 Å². The standard InChI is InChI=1S/C15H30N2O/c1-6-13(2)17-11-9-16(10-12-17)8-7-14(18)15(3,4)5/h13H,6-12H2,1-5H3. The number of hydrogen-bond acceptors (Lipinski definition) is 3. The van der Waals surface area contributed by atoms with Crippen molar-refractivity contribution in [3.8, 4) is 0 Å². The maximum atomic E-state index is 11.9. The molecule has 0 aromatic heterocycles. The van der Waals surface area contributed by atoms with Crippen molar-refractivity contribution in [2.24, 2.45) is 5.41 Å². The molecule has 18 heavy (non-hydrogen) atoms. The second kappa shape index (κ2) is 6.67. The predicted octanol–water partition coefficient (Wildman–Crippen LogP) is 2.41. The molecule has 1 rings (SSSR count). The second-order valence-electron chi connectivity index (χ2n) is 6.56. The summed E-state index contributed by atoms with van der Waals surface area (Å²) in [5.41, 5.74) is -0.182. The Labute approximate surface area is 113 Å². The first-order valence-electron chi connectivity index (χ1n) is 7.34. The minimum Gasteiger partial charge on any atom is -0.300 e. The minimum absolute atomic E-state index is 0.182. The van der Waals surface area contributed by atoms with Crippen LogP contribution in [0.1, 0.15) is 47.5 Å². The van der Waals surface area contributed by atoms with Crippen molar-refractivity contribution in [1.29, 1.82) is 0 Å². The third-order valence-corrected chi connectivity index (χ3v) is 4.11. The molecule has 1 fully saturated rings. The third kappa shape index (κ3) is 4.69. The largest absolute Gasteiger partial charge is 0.300 e. The van der Waals surface area contributed by atoms with Gasteiger partial charge >= 0.3 is 0 Å². The topological polar surface area (TPSA) is 23.6 Å².